The predicted molar refractivity (Wildman–Crippen MR) is 89.4 cm³/mol. The average molecular weight is 316 g/mol. The van der Waals surface area contributed by atoms with Crippen LogP contribution in [-0.4, -0.2) is 35.3 Å². The van der Waals surface area contributed by atoms with E-state index in [0.29, 0.717) is 19.7 Å². The number of rotatable bonds is 10. The minimum atomic E-state index is -0.111. The van der Waals surface area contributed by atoms with Crippen LogP contribution in [0, 0.1) is 0 Å². The topological polar surface area (TPSA) is 68.2 Å². The van der Waals surface area contributed by atoms with Crippen LogP contribution in [0.25, 0.3) is 0 Å². The lowest BCUT2D eigenvalue weighted by Crippen LogP contribution is -2.36. The highest BCUT2D eigenvalue weighted by atomic mass is 16.5. The summed E-state index contributed by atoms with van der Waals surface area (Å²) in [6.45, 7) is 2.84. The molecule has 2 rings (SSSR count). The number of hydrogen-bond donors (Lipinski definition) is 2. The van der Waals surface area contributed by atoms with Gasteiger partial charge in [-0.2, -0.15) is 0 Å². The molecule has 0 saturated carbocycles. The number of para-hydroxylation sites is 1. The number of aromatic nitrogens is 2. The zero-order valence-corrected chi connectivity index (χ0v) is 13.3. The Hall–Kier alpha value is -2.50. The maximum absolute atomic E-state index is 11.6. The summed E-state index contributed by atoms with van der Waals surface area (Å²) in [6, 6.07) is 9.64. The lowest BCUT2D eigenvalue weighted by atomic mass is 10.3. The quantitative estimate of drug-likeness (QED) is 0.662. The highest BCUT2D eigenvalue weighted by Crippen LogP contribution is 2.08. The van der Waals surface area contributed by atoms with E-state index in [4.69, 9.17) is 4.74 Å². The van der Waals surface area contributed by atoms with Crippen LogP contribution in [0.15, 0.2) is 49.1 Å². The number of imidazole rings is 1. The van der Waals surface area contributed by atoms with E-state index in [9.17, 15) is 4.79 Å². The third-order valence-corrected chi connectivity index (χ3v) is 3.31. The number of aryl methyl sites for hydroxylation is 1. The highest BCUT2D eigenvalue weighted by molar-refractivity contribution is 5.73. The van der Waals surface area contributed by atoms with E-state index in [1.165, 1.54) is 0 Å². The molecular weight excluding hydrogens is 292 g/mol. The minimum absolute atomic E-state index is 0.111. The Morgan fingerprint density at radius 2 is 1.87 bits per heavy atom. The molecule has 2 N–H and O–H groups in total. The normalized spacial score (nSPS) is 10.3. The zero-order chi connectivity index (χ0) is 16.2. The molecular formula is C17H24N4O2. The molecule has 0 aliphatic rings. The number of nitrogens with one attached hydrogen (secondary N) is 2. The summed E-state index contributed by atoms with van der Waals surface area (Å²) in [6.07, 6.45) is 8.14. The van der Waals surface area contributed by atoms with Crippen molar-refractivity contribution < 1.29 is 9.53 Å². The highest BCUT2D eigenvalue weighted by Gasteiger charge is 1.99. The zero-order valence-electron chi connectivity index (χ0n) is 13.3. The van der Waals surface area contributed by atoms with E-state index in [0.717, 1.165) is 31.6 Å². The van der Waals surface area contributed by atoms with E-state index >= 15 is 0 Å². The first kappa shape index (κ1) is 16.9. The van der Waals surface area contributed by atoms with Crippen molar-refractivity contribution in [2.45, 2.75) is 25.8 Å². The van der Waals surface area contributed by atoms with Crippen molar-refractivity contribution in [3.05, 3.63) is 49.1 Å². The fourth-order valence-electron chi connectivity index (χ4n) is 2.08. The van der Waals surface area contributed by atoms with Gasteiger partial charge in [-0.1, -0.05) is 18.2 Å². The predicted octanol–water partition coefficient (Wildman–Crippen LogP) is 2.43. The van der Waals surface area contributed by atoms with Crippen LogP contribution in [0.5, 0.6) is 5.75 Å². The fraction of sp³-hybridized carbons (Fsp3) is 0.412. The van der Waals surface area contributed by atoms with E-state index in [-0.39, 0.29) is 6.03 Å². The van der Waals surface area contributed by atoms with Gasteiger partial charge >= 0.3 is 6.03 Å². The first-order valence-electron chi connectivity index (χ1n) is 8.00. The first-order chi connectivity index (χ1) is 11.3. The van der Waals surface area contributed by atoms with Gasteiger partial charge in [-0.3, -0.25) is 0 Å². The van der Waals surface area contributed by atoms with Crippen molar-refractivity contribution in [3.8, 4) is 5.75 Å². The Morgan fingerprint density at radius 1 is 1.09 bits per heavy atom. The molecule has 1 heterocycles. The van der Waals surface area contributed by atoms with Crippen LogP contribution in [-0.2, 0) is 6.54 Å². The molecule has 0 fully saturated rings. The fourth-order valence-corrected chi connectivity index (χ4v) is 2.08. The molecule has 1 aromatic heterocycles. The van der Waals surface area contributed by atoms with Crippen molar-refractivity contribution in [3.63, 3.8) is 0 Å². The van der Waals surface area contributed by atoms with Crippen molar-refractivity contribution in [2.75, 3.05) is 19.7 Å². The van der Waals surface area contributed by atoms with Crippen molar-refractivity contribution >= 4 is 6.03 Å². The molecule has 6 nitrogen and oxygen atoms in total. The van der Waals surface area contributed by atoms with E-state index < -0.39 is 0 Å². The summed E-state index contributed by atoms with van der Waals surface area (Å²) in [5, 5.41) is 5.70. The van der Waals surface area contributed by atoms with Gasteiger partial charge in [0.25, 0.3) is 0 Å². The number of nitrogens with zero attached hydrogens (tertiary/aromatic N) is 2. The van der Waals surface area contributed by atoms with Gasteiger partial charge < -0.3 is 19.9 Å². The van der Waals surface area contributed by atoms with Gasteiger partial charge in [0.1, 0.15) is 5.75 Å². The van der Waals surface area contributed by atoms with Gasteiger partial charge in [-0.25, -0.2) is 9.78 Å². The lowest BCUT2D eigenvalue weighted by Gasteiger charge is -2.08. The molecule has 124 valence electrons. The summed E-state index contributed by atoms with van der Waals surface area (Å²) in [7, 11) is 0. The van der Waals surface area contributed by atoms with E-state index in [2.05, 4.69) is 15.6 Å². The molecule has 0 spiro atoms. The summed E-state index contributed by atoms with van der Waals surface area (Å²) in [5.74, 6) is 0.885. The van der Waals surface area contributed by atoms with Crippen molar-refractivity contribution in [1.82, 2.24) is 20.2 Å². The molecule has 0 atom stereocenters. The summed E-state index contributed by atoms with van der Waals surface area (Å²) in [4.78, 5) is 15.6. The van der Waals surface area contributed by atoms with Crippen molar-refractivity contribution in [1.29, 1.82) is 0 Å². The monoisotopic (exact) mass is 316 g/mol. The number of benzene rings is 1. The van der Waals surface area contributed by atoms with Crippen LogP contribution in [0.3, 0.4) is 0 Å². The lowest BCUT2D eigenvalue weighted by molar-refractivity contribution is 0.239. The second-order valence-corrected chi connectivity index (χ2v) is 5.21. The molecule has 0 radical (unpaired) electrons. The van der Waals surface area contributed by atoms with E-state index in [1.54, 1.807) is 12.5 Å². The molecule has 0 aliphatic heterocycles. The first-order valence-corrected chi connectivity index (χ1v) is 8.00. The molecule has 2 amide bonds. The molecule has 0 bridgehead atoms. The summed E-state index contributed by atoms with van der Waals surface area (Å²) >= 11 is 0. The summed E-state index contributed by atoms with van der Waals surface area (Å²) < 4.78 is 7.58. The Morgan fingerprint density at radius 3 is 2.61 bits per heavy atom. The summed E-state index contributed by atoms with van der Waals surface area (Å²) in [5.41, 5.74) is 0. The third-order valence-electron chi connectivity index (χ3n) is 3.31. The van der Waals surface area contributed by atoms with Gasteiger partial charge in [-0.15, -0.1) is 0 Å². The SMILES string of the molecule is O=C(NCCCCOc1ccccc1)NCCCn1ccnc1. The molecule has 1 aromatic carbocycles. The molecule has 2 aromatic rings. The van der Waals surface area contributed by atoms with Gasteiger partial charge in [0, 0.05) is 32.0 Å². The number of amides is 2. The molecule has 23 heavy (non-hydrogen) atoms. The number of hydrogen-bond acceptors (Lipinski definition) is 3. The van der Waals surface area contributed by atoms with Gasteiger partial charge in [-0.05, 0) is 31.4 Å². The Labute approximate surface area is 136 Å². The minimum Gasteiger partial charge on any atom is -0.494 e. The number of carbonyl (C=O) groups excluding carboxylic acids is 1. The maximum atomic E-state index is 11.6. The van der Waals surface area contributed by atoms with Crippen LogP contribution in [0.4, 0.5) is 4.79 Å². The van der Waals surface area contributed by atoms with E-state index in [1.807, 2.05) is 41.1 Å². The number of urea groups is 1. The second-order valence-electron chi connectivity index (χ2n) is 5.21. The Balaban J connectivity index is 1.41. The number of ether oxygens (including phenoxy) is 1. The third kappa shape index (κ3) is 7.35. The standard InChI is InChI=1S/C17H24N4O2/c22-17(20-10-6-12-21-13-11-18-15-21)19-9-4-5-14-23-16-7-2-1-3-8-16/h1-3,7-8,11,13,15H,4-6,9-10,12,14H2,(H2,19,20,22). The van der Waals surface area contributed by atoms with Crippen LogP contribution >= 0.6 is 0 Å². The largest absolute Gasteiger partial charge is 0.494 e. The number of carbonyl (C=O) groups is 1. The smallest absolute Gasteiger partial charge is 0.314 e. The van der Waals surface area contributed by atoms with Gasteiger partial charge in [0.2, 0.25) is 0 Å². The second kappa shape index (κ2) is 10.3. The maximum Gasteiger partial charge on any atom is 0.314 e. The van der Waals surface area contributed by atoms with Gasteiger partial charge in [0.15, 0.2) is 0 Å². The van der Waals surface area contributed by atoms with Crippen LogP contribution in [0.2, 0.25) is 0 Å². The Kier molecular flexibility index (Phi) is 7.53. The van der Waals surface area contributed by atoms with Crippen LogP contribution < -0.4 is 15.4 Å². The number of unbranched alkanes of at least 4 members (excludes halogenated alkanes) is 1. The Bertz CT molecular complexity index is 543. The van der Waals surface area contributed by atoms with Gasteiger partial charge in [0.05, 0.1) is 12.9 Å². The van der Waals surface area contributed by atoms with Crippen molar-refractivity contribution in [2.24, 2.45) is 0 Å². The van der Waals surface area contributed by atoms with Crippen LogP contribution in [0.1, 0.15) is 19.3 Å². The molecule has 6 heteroatoms. The molecule has 0 saturated heterocycles. The average Bonchev–Trinajstić information content (AvgIpc) is 3.09. The molecule has 0 aliphatic carbocycles. The molecule has 0 unspecified atom stereocenters.